The lowest BCUT2D eigenvalue weighted by atomic mass is 10.2. The Hall–Kier alpha value is -2.11. The summed E-state index contributed by atoms with van der Waals surface area (Å²) >= 11 is 0. The molecule has 0 saturated carbocycles. The summed E-state index contributed by atoms with van der Waals surface area (Å²) in [6.45, 7) is 3.19. The van der Waals surface area contributed by atoms with Crippen LogP contribution in [0.25, 0.3) is 5.65 Å². The second-order valence-corrected chi connectivity index (χ2v) is 4.66. The molecule has 0 spiro atoms. The minimum atomic E-state index is -0.496. The SMILES string of the molecule is CC1CCCN1c1ccn2ncc(C(N)=O)c2n1. The average molecular weight is 245 g/mol. The van der Waals surface area contributed by atoms with Crippen LogP contribution in [0.1, 0.15) is 30.1 Å². The van der Waals surface area contributed by atoms with Crippen molar-refractivity contribution in [1.29, 1.82) is 0 Å². The lowest BCUT2D eigenvalue weighted by Crippen LogP contribution is -2.27. The largest absolute Gasteiger partial charge is 0.365 e. The van der Waals surface area contributed by atoms with Crippen LogP contribution in [-0.4, -0.2) is 33.1 Å². The molecule has 0 aliphatic carbocycles. The lowest BCUT2D eigenvalue weighted by molar-refractivity contribution is 0.100. The van der Waals surface area contributed by atoms with Gasteiger partial charge in [0.2, 0.25) is 0 Å². The van der Waals surface area contributed by atoms with Crippen molar-refractivity contribution >= 4 is 17.4 Å². The first kappa shape index (κ1) is 11.0. The molecule has 0 radical (unpaired) electrons. The molecule has 1 aliphatic rings. The zero-order valence-corrected chi connectivity index (χ0v) is 10.2. The highest BCUT2D eigenvalue weighted by atomic mass is 16.1. The van der Waals surface area contributed by atoms with E-state index in [1.165, 1.54) is 19.0 Å². The topological polar surface area (TPSA) is 76.5 Å². The maximum Gasteiger partial charge on any atom is 0.254 e. The number of nitrogens with zero attached hydrogens (tertiary/aromatic N) is 4. The zero-order chi connectivity index (χ0) is 12.7. The molecular formula is C12H15N5O. The van der Waals surface area contributed by atoms with Gasteiger partial charge in [-0.05, 0) is 25.8 Å². The number of hydrogen-bond donors (Lipinski definition) is 1. The van der Waals surface area contributed by atoms with Crippen LogP contribution >= 0.6 is 0 Å². The molecule has 2 N–H and O–H groups in total. The van der Waals surface area contributed by atoms with E-state index in [2.05, 4.69) is 21.9 Å². The molecule has 3 heterocycles. The van der Waals surface area contributed by atoms with Gasteiger partial charge in [0.05, 0.1) is 6.20 Å². The molecule has 2 aromatic heterocycles. The zero-order valence-electron chi connectivity index (χ0n) is 10.2. The first-order valence-electron chi connectivity index (χ1n) is 6.07. The summed E-state index contributed by atoms with van der Waals surface area (Å²) in [6, 6.07) is 2.41. The standard InChI is InChI=1S/C12H15N5O/c1-8-3-2-5-16(8)10-4-6-17-12(15-10)9(7-14-17)11(13)18/h4,6-8H,2-3,5H2,1H3,(H2,13,18). The number of carbonyl (C=O) groups is 1. The Morgan fingerprint density at radius 2 is 2.39 bits per heavy atom. The van der Waals surface area contributed by atoms with E-state index in [0.29, 0.717) is 17.3 Å². The normalized spacial score (nSPS) is 19.6. The molecule has 94 valence electrons. The summed E-state index contributed by atoms with van der Waals surface area (Å²) < 4.78 is 1.57. The van der Waals surface area contributed by atoms with Crippen molar-refractivity contribution in [2.24, 2.45) is 5.73 Å². The maximum atomic E-state index is 11.3. The highest BCUT2D eigenvalue weighted by Gasteiger charge is 2.22. The number of rotatable bonds is 2. The Morgan fingerprint density at radius 3 is 3.06 bits per heavy atom. The van der Waals surface area contributed by atoms with Crippen molar-refractivity contribution in [3.63, 3.8) is 0 Å². The Labute approximate surface area is 104 Å². The number of amides is 1. The molecular weight excluding hydrogens is 230 g/mol. The summed E-state index contributed by atoms with van der Waals surface area (Å²) in [6.07, 6.45) is 5.63. The third-order valence-corrected chi connectivity index (χ3v) is 3.47. The van der Waals surface area contributed by atoms with Crippen LogP contribution in [0, 0.1) is 0 Å². The van der Waals surface area contributed by atoms with Crippen LogP contribution in [0.5, 0.6) is 0 Å². The van der Waals surface area contributed by atoms with Gasteiger partial charge >= 0.3 is 0 Å². The number of primary amides is 1. The molecule has 6 heteroatoms. The summed E-state index contributed by atoms with van der Waals surface area (Å²) in [7, 11) is 0. The highest BCUT2D eigenvalue weighted by Crippen LogP contribution is 2.24. The predicted molar refractivity (Wildman–Crippen MR) is 67.5 cm³/mol. The van der Waals surface area contributed by atoms with Crippen molar-refractivity contribution < 1.29 is 4.79 Å². The molecule has 6 nitrogen and oxygen atoms in total. The maximum absolute atomic E-state index is 11.3. The Kier molecular flexibility index (Phi) is 2.43. The monoisotopic (exact) mass is 245 g/mol. The highest BCUT2D eigenvalue weighted by molar-refractivity contribution is 5.98. The fourth-order valence-corrected chi connectivity index (χ4v) is 2.47. The van der Waals surface area contributed by atoms with E-state index in [1.807, 2.05) is 12.3 Å². The van der Waals surface area contributed by atoms with Crippen molar-refractivity contribution in [3.8, 4) is 0 Å². The van der Waals surface area contributed by atoms with Crippen LogP contribution in [0.3, 0.4) is 0 Å². The van der Waals surface area contributed by atoms with Gasteiger partial charge in [-0.3, -0.25) is 4.79 Å². The molecule has 1 amide bonds. The van der Waals surface area contributed by atoms with Crippen molar-refractivity contribution in [1.82, 2.24) is 14.6 Å². The van der Waals surface area contributed by atoms with E-state index >= 15 is 0 Å². The molecule has 18 heavy (non-hydrogen) atoms. The summed E-state index contributed by atoms with van der Waals surface area (Å²) in [5.74, 6) is 0.389. The summed E-state index contributed by atoms with van der Waals surface area (Å²) in [4.78, 5) is 18.1. The molecule has 1 saturated heterocycles. The van der Waals surface area contributed by atoms with E-state index in [4.69, 9.17) is 5.73 Å². The van der Waals surface area contributed by atoms with Gasteiger partial charge in [-0.25, -0.2) is 9.50 Å². The second kappa shape index (κ2) is 3.97. The number of aromatic nitrogens is 3. The van der Waals surface area contributed by atoms with Crippen LogP contribution < -0.4 is 10.6 Å². The quantitative estimate of drug-likeness (QED) is 0.849. The number of nitrogens with two attached hydrogens (primary N) is 1. The number of hydrogen-bond acceptors (Lipinski definition) is 4. The fraction of sp³-hybridized carbons (Fsp3) is 0.417. The first-order valence-corrected chi connectivity index (χ1v) is 6.07. The van der Waals surface area contributed by atoms with E-state index in [0.717, 1.165) is 12.4 Å². The molecule has 1 fully saturated rings. The Bertz CT molecular complexity index is 606. The average Bonchev–Trinajstić information content (AvgIpc) is 2.93. The van der Waals surface area contributed by atoms with Gasteiger partial charge in [0.25, 0.3) is 5.91 Å². The van der Waals surface area contributed by atoms with Gasteiger partial charge in [0.15, 0.2) is 5.65 Å². The van der Waals surface area contributed by atoms with Crippen molar-refractivity contribution in [2.45, 2.75) is 25.8 Å². The molecule has 0 bridgehead atoms. The van der Waals surface area contributed by atoms with Crippen molar-refractivity contribution in [3.05, 3.63) is 24.0 Å². The first-order chi connectivity index (χ1) is 8.66. The number of anilines is 1. The van der Waals surface area contributed by atoms with E-state index < -0.39 is 5.91 Å². The summed E-state index contributed by atoms with van der Waals surface area (Å²) in [5.41, 5.74) is 6.20. The number of carbonyl (C=O) groups excluding carboxylic acids is 1. The van der Waals surface area contributed by atoms with Gasteiger partial charge < -0.3 is 10.6 Å². The van der Waals surface area contributed by atoms with E-state index in [-0.39, 0.29) is 0 Å². The smallest absolute Gasteiger partial charge is 0.254 e. The third kappa shape index (κ3) is 1.61. The van der Waals surface area contributed by atoms with Crippen LogP contribution in [-0.2, 0) is 0 Å². The Morgan fingerprint density at radius 1 is 1.56 bits per heavy atom. The predicted octanol–water partition coefficient (Wildman–Crippen LogP) is 0.817. The van der Waals surface area contributed by atoms with Gasteiger partial charge in [0.1, 0.15) is 11.4 Å². The molecule has 3 rings (SSSR count). The van der Waals surface area contributed by atoms with Gasteiger partial charge in [-0.1, -0.05) is 0 Å². The van der Waals surface area contributed by atoms with Gasteiger partial charge in [-0.15, -0.1) is 0 Å². The van der Waals surface area contributed by atoms with Crippen LogP contribution in [0.15, 0.2) is 18.5 Å². The minimum absolute atomic E-state index is 0.365. The molecule has 0 aromatic carbocycles. The third-order valence-electron chi connectivity index (χ3n) is 3.47. The fourth-order valence-electron chi connectivity index (χ4n) is 2.47. The minimum Gasteiger partial charge on any atom is -0.365 e. The van der Waals surface area contributed by atoms with Crippen molar-refractivity contribution in [2.75, 3.05) is 11.4 Å². The van der Waals surface area contributed by atoms with E-state index in [9.17, 15) is 4.79 Å². The van der Waals surface area contributed by atoms with E-state index in [1.54, 1.807) is 4.52 Å². The molecule has 1 atom stereocenters. The Balaban J connectivity index is 2.09. The van der Waals surface area contributed by atoms with Gasteiger partial charge in [-0.2, -0.15) is 5.10 Å². The molecule has 1 unspecified atom stereocenters. The van der Waals surface area contributed by atoms with Gasteiger partial charge in [0, 0.05) is 18.8 Å². The molecule has 2 aromatic rings. The lowest BCUT2D eigenvalue weighted by Gasteiger charge is -2.22. The molecule has 1 aliphatic heterocycles. The number of fused-ring (bicyclic) bond motifs is 1. The van der Waals surface area contributed by atoms with Crippen LogP contribution in [0.4, 0.5) is 5.82 Å². The second-order valence-electron chi connectivity index (χ2n) is 4.66. The van der Waals surface area contributed by atoms with Crippen LogP contribution in [0.2, 0.25) is 0 Å². The summed E-state index contributed by atoms with van der Waals surface area (Å²) in [5, 5.41) is 4.06.